The number of hydroxylamine groups is 1. The number of carbonyl (C=O) groups is 1. The molecule has 0 bridgehead atoms. The van der Waals surface area contributed by atoms with Crippen molar-refractivity contribution in [1.82, 2.24) is 5.48 Å². The first kappa shape index (κ1) is 11.4. The van der Waals surface area contributed by atoms with Crippen LogP contribution in [0.5, 0.6) is 5.75 Å². The van der Waals surface area contributed by atoms with Crippen LogP contribution in [0.2, 0.25) is 0 Å². The molecule has 0 radical (unpaired) electrons. The molecule has 0 saturated carbocycles. The van der Waals surface area contributed by atoms with Crippen LogP contribution in [0.4, 0.5) is 0 Å². The number of alkyl halides is 1. The number of amides is 1. The van der Waals surface area contributed by atoms with E-state index in [1.165, 1.54) is 0 Å². The fraction of sp³-hybridized carbons (Fsp3) is 0.250. The highest BCUT2D eigenvalue weighted by Crippen LogP contribution is 2.26. The zero-order chi connectivity index (χ0) is 11.5. The maximum absolute atomic E-state index is 11.5. The Morgan fingerprint density at radius 3 is 2.94 bits per heavy atom. The van der Waals surface area contributed by atoms with Crippen LogP contribution in [0, 0.1) is 0 Å². The van der Waals surface area contributed by atoms with Crippen LogP contribution < -0.4 is 10.3 Å². The summed E-state index contributed by atoms with van der Waals surface area (Å²) in [5.41, 5.74) is 4.55. The van der Waals surface area contributed by atoms with E-state index in [4.69, 9.17) is 4.84 Å². The molecule has 0 aliphatic carbocycles. The average Bonchev–Trinajstić information content (AvgIpc) is 2.24. The van der Waals surface area contributed by atoms with E-state index in [0.717, 1.165) is 11.1 Å². The molecule has 4 heteroatoms. The van der Waals surface area contributed by atoms with Gasteiger partial charge >= 0.3 is 0 Å². The van der Waals surface area contributed by atoms with Crippen LogP contribution in [0.15, 0.2) is 29.8 Å². The van der Waals surface area contributed by atoms with Crippen LogP contribution in [-0.4, -0.2) is 9.83 Å². The van der Waals surface area contributed by atoms with E-state index < -0.39 is 0 Å². The number of carbonyl (C=O) groups excluding carboxylic acids is 1. The first-order valence-corrected chi connectivity index (χ1v) is 6.30. The van der Waals surface area contributed by atoms with Crippen molar-refractivity contribution in [3.05, 3.63) is 35.4 Å². The summed E-state index contributed by atoms with van der Waals surface area (Å²) in [4.78, 5) is 16.7. The van der Waals surface area contributed by atoms with Gasteiger partial charge in [0.1, 0.15) is 0 Å². The number of nitrogens with one attached hydrogen (secondary N) is 1. The normalized spacial score (nSPS) is 20.4. The van der Waals surface area contributed by atoms with Gasteiger partial charge in [-0.1, -0.05) is 46.9 Å². The van der Waals surface area contributed by atoms with Crippen molar-refractivity contribution in [2.24, 2.45) is 0 Å². The lowest BCUT2D eigenvalue weighted by Crippen LogP contribution is -2.29. The van der Waals surface area contributed by atoms with Gasteiger partial charge < -0.3 is 4.84 Å². The van der Waals surface area contributed by atoms with Gasteiger partial charge in [-0.2, -0.15) is 5.48 Å². The molecule has 1 unspecified atom stereocenters. The average molecular weight is 329 g/mol. The van der Waals surface area contributed by atoms with Gasteiger partial charge in [0, 0.05) is 9.49 Å². The fourth-order valence-corrected chi connectivity index (χ4v) is 1.93. The SMILES string of the molecule is CC(I)/C1=C/c2ccccc2ONC(=O)C1. The second-order valence-electron chi connectivity index (χ2n) is 3.68. The summed E-state index contributed by atoms with van der Waals surface area (Å²) in [7, 11) is 0. The third-order valence-electron chi connectivity index (χ3n) is 2.41. The standard InChI is InChI=1S/C12H12INO2/c1-8(13)10-6-9-4-2-3-5-11(9)16-14-12(15)7-10/h2-6,8H,7H2,1H3,(H,14,15)/b10-6+. The summed E-state index contributed by atoms with van der Waals surface area (Å²) in [6.07, 6.45) is 2.42. The molecule has 84 valence electrons. The summed E-state index contributed by atoms with van der Waals surface area (Å²) in [5.74, 6) is 0.578. The lowest BCUT2D eigenvalue weighted by molar-refractivity contribution is -0.127. The van der Waals surface area contributed by atoms with Crippen molar-refractivity contribution in [3.63, 3.8) is 0 Å². The number of rotatable bonds is 1. The molecule has 1 heterocycles. The van der Waals surface area contributed by atoms with Gasteiger partial charge in [-0.3, -0.25) is 4.79 Å². The lowest BCUT2D eigenvalue weighted by Gasteiger charge is -2.16. The van der Waals surface area contributed by atoms with Crippen LogP contribution in [-0.2, 0) is 4.79 Å². The molecule has 2 rings (SSSR count). The van der Waals surface area contributed by atoms with Gasteiger partial charge in [-0.05, 0) is 18.6 Å². The number of fused-ring (bicyclic) bond motifs is 1. The van der Waals surface area contributed by atoms with Crippen molar-refractivity contribution >= 4 is 34.6 Å². The molecule has 0 spiro atoms. The smallest absolute Gasteiger partial charge is 0.256 e. The summed E-state index contributed by atoms with van der Waals surface area (Å²) in [6, 6.07) is 7.66. The Hall–Kier alpha value is -1.04. The quantitative estimate of drug-likeness (QED) is 0.636. The molecular formula is C12H12INO2. The topological polar surface area (TPSA) is 38.3 Å². The maximum Gasteiger partial charge on any atom is 0.256 e. The third kappa shape index (κ3) is 2.55. The number of benzene rings is 1. The highest BCUT2D eigenvalue weighted by Gasteiger charge is 2.15. The predicted octanol–water partition coefficient (Wildman–Crippen LogP) is 2.71. The highest BCUT2D eigenvalue weighted by molar-refractivity contribution is 14.1. The van der Waals surface area contributed by atoms with Crippen LogP contribution >= 0.6 is 22.6 Å². The van der Waals surface area contributed by atoms with Gasteiger partial charge in [0.2, 0.25) is 0 Å². The van der Waals surface area contributed by atoms with Crippen molar-refractivity contribution in [2.75, 3.05) is 0 Å². The second kappa shape index (κ2) is 4.86. The second-order valence-corrected chi connectivity index (χ2v) is 5.55. The highest BCUT2D eigenvalue weighted by atomic mass is 127. The van der Waals surface area contributed by atoms with Gasteiger partial charge in [-0.15, -0.1) is 0 Å². The molecule has 1 atom stereocenters. The van der Waals surface area contributed by atoms with Crippen molar-refractivity contribution in [2.45, 2.75) is 17.3 Å². The Morgan fingerprint density at radius 2 is 2.19 bits per heavy atom. The van der Waals surface area contributed by atoms with Crippen LogP contribution in [0.25, 0.3) is 6.08 Å². The van der Waals surface area contributed by atoms with Crippen molar-refractivity contribution in [1.29, 1.82) is 0 Å². The molecule has 0 aromatic heterocycles. The molecule has 0 saturated heterocycles. The summed E-state index contributed by atoms with van der Waals surface area (Å²) < 4.78 is 0.328. The minimum Gasteiger partial charge on any atom is -0.379 e. The van der Waals surface area contributed by atoms with Crippen LogP contribution in [0.3, 0.4) is 0 Å². The fourth-order valence-electron chi connectivity index (χ4n) is 1.53. The Labute approximate surface area is 108 Å². The van der Waals surface area contributed by atoms with E-state index in [2.05, 4.69) is 35.0 Å². The molecule has 1 N–H and O–H groups in total. The minimum atomic E-state index is -0.107. The summed E-state index contributed by atoms with van der Waals surface area (Å²) in [5, 5.41) is 0. The number of hydrogen-bond donors (Lipinski definition) is 1. The van der Waals surface area contributed by atoms with Crippen molar-refractivity contribution in [3.8, 4) is 5.75 Å². The molecule has 16 heavy (non-hydrogen) atoms. The van der Waals surface area contributed by atoms with Gasteiger partial charge in [0.05, 0.1) is 6.42 Å². The first-order valence-electron chi connectivity index (χ1n) is 5.06. The van der Waals surface area contributed by atoms with E-state index in [-0.39, 0.29) is 5.91 Å². The molecule has 3 nitrogen and oxygen atoms in total. The first-order chi connectivity index (χ1) is 7.66. The van der Waals surface area contributed by atoms with E-state index in [9.17, 15) is 4.79 Å². The maximum atomic E-state index is 11.5. The molecular weight excluding hydrogens is 317 g/mol. The molecule has 1 aliphatic rings. The molecule has 1 aromatic rings. The largest absolute Gasteiger partial charge is 0.379 e. The molecule has 1 aliphatic heterocycles. The van der Waals surface area contributed by atoms with Crippen LogP contribution in [0.1, 0.15) is 18.9 Å². The third-order valence-corrected chi connectivity index (χ3v) is 3.21. The predicted molar refractivity (Wildman–Crippen MR) is 71.3 cm³/mol. The van der Waals surface area contributed by atoms with Gasteiger partial charge in [-0.25, -0.2) is 0 Å². The van der Waals surface area contributed by atoms with Gasteiger partial charge in [0.15, 0.2) is 5.75 Å². The van der Waals surface area contributed by atoms with E-state index in [1.54, 1.807) is 0 Å². The zero-order valence-electron chi connectivity index (χ0n) is 8.87. The van der Waals surface area contributed by atoms with Gasteiger partial charge in [0.25, 0.3) is 5.91 Å². The molecule has 0 fully saturated rings. The van der Waals surface area contributed by atoms with E-state index >= 15 is 0 Å². The lowest BCUT2D eigenvalue weighted by atomic mass is 10.0. The van der Waals surface area contributed by atoms with Crippen molar-refractivity contribution < 1.29 is 9.63 Å². The zero-order valence-corrected chi connectivity index (χ0v) is 11.0. The molecule has 1 amide bonds. The summed E-state index contributed by atoms with van der Waals surface area (Å²) >= 11 is 2.31. The Balaban J connectivity index is 2.44. The summed E-state index contributed by atoms with van der Waals surface area (Å²) in [6.45, 7) is 2.07. The Morgan fingerprint density at radius 1 is 1.44 bits per heavy atom. The Kier molecular flexibility index (Phi) is 3.48. The number of para-hydroxylation sites is 1. The van der Waals surface area contributed by atoms with E-state index in [1.807, 2.05) is 30.3 Å². The Bertz CT molecular complexity index is 440. The molecule has 1 aromatic carbocycles. The van der Waals surface area contributed by atoms with E-state index in [0.29, 0.717) is 16.1 Å². The minimum absolute atomic E-state index is 0.107. The monoisotopic (exact) mass is 329 g/mol. The number of hydrogen-bond acceptors (Lipinski definition) is 2. The number of halogens is 1.